The Bertz CT molecular complexity index is 600. The Morgan fingerprint density at radius 3 is 2.71 bits per heavy atom. The van der Waals surface area contributed by atoms with E-state index in [1.807, 2.05) is 12.1 Å². The van der Waals surface area contributed by atoms with Crippen molar-refractivity contribution >= 4 is 23.2 Å². The molecule has 1 heterocycles. The molecule has 84 valence electrons. The van der Waals surface area contributed by atoms with Gasteiger partial charge in [-0.1, -0.05) is 30.3 Å². The van der Waals surface area contributed by atoms with Gasteiger partial charge in [0.2, 0.25) is 11.5 Å². The van der Waals surface area contributed by atoms with Gasteiger partial charge in [0.05, 0.1) is 0 Å². The smallest absolute Gasteiger partial charge is 0.224 e. The largest absolute Gasteiger partial charge is 0.290 e. The molecule has 1 atom stereocenters. The molecule has 1 aliphatic rings. The zero-order valence-electron chi connectivity index (χ0n) is 8.89. The maximum atomic E-state index is 15.1. The molecular formula is C14H9FOS. The second-order valence-corrected chi connectivity index (χ2v) is 4.74. The minimum Gasteiger partial charge on any atom is -0.290 e. The maximum absolute atomic E-state index is 15.1. The van der Waals surface area contributed by atoms with Gasteiger partial charge in [-0.05, 0) is 28.5 Å². The van der Waals surface area contributed by atoms with E-state index in [0.29, 0.717) is 11.1 Å². The fourth-order valence-corrected chi connectivity index (χ4v) is 2.82. The number of carbonyl (C=O) groups is 1. The van der Waals surface area contributed by atoms with Gasteiger partial charge in [-0.25, -0.2) is 4.39 Å². The van der Waals surface area contributed by atoms with Crippen LogP contribution < -0.4 is 0 Å². The number of thiophene rings is 1. The standard InChI is InChI=1S/C14H9FOS/c15-14(11-7-8-17-9-11)12-4-2-1-3-10(12)5-6-13(14)16/h1-9H/t14-/m0/s1. The van der Waals surface area contributed by atoms with E-state index in [-0.39, 0.29) is 0 Å². The lowest BCUT2D eigenvalue weighted by Gasteiger charge is -2.27. The van der Waals surface area contributed by atoms with Crippen LogP contribution in [0.2, 0.25) is 0 Å². The average molecular weight is 244 g/mol. The fraction of sp³-hybridized carbons (Fsp3) is 0.0714. The Balaban J connectivity index is 2.29. The van der Waals surface area contributed by atoms with Crippen LogP contribution in [0, 0.1) is 0 Å². The lowest BCUT2D eigenvalue weighted by molar-refractivity contribution is -0.123. The van der Waals surface area contributed by atoms with Crippen LogP contribution in [0.1, 0.15) is 16.7 Å². The van der Waals surface area contributed by atoms with Crippen molar-refractivity contribution in [3.8, 4) is 0 Å². The first-order chi connectivity index (χ1) is 8.23. The van der Waals surface area contributed by atoms with Gasteiger partial charge < -0.3 is 0 Å². The Labute approximate surface area is 102 Å². The fourth-order valence-electron chi connectivity index (χ4n) is 2.13. The number of allylic oxidation sites excluding steroid dienone is 1. The van der Waals surface area contributed by atoms with E-state index in [1.54, 1.807) is 35.0 Å². The molecule has 1 aromatic carbocycles. The van der Waals surface area contributed by atoms with E-state index in [0.717, 1.165) is 5.56 Å². The number of ketones is 1. The first-order valence-corrected chi connectivity index (χ1v) is 6.21. The van der Waals surface area contributed by atoms with Gasteiger partial charge in [-0.2, -0.15) is 11.3 Å². The van der Waals surface area contributed by atoms with Crippen molar-refractivity contribution in [2.24, 2.45) is 0 Å². The molecule has 0 spiro atoms. The summed E-state index contributed by atoms with van der Waals surface area (Å²) < 4.78 is 15.1. The molecule has 0 amide bonds. The number of halogens is 1. The van der Waals surface area contributed by atoms with Gasteiger partial charge in [-0.3, -0.25) is 4.79 Å². The van der Waals surface area contributed by atoms with Crippen LogP contribution in [0.15, 0.2) is 47.2 Å². The van der Waals surface area contributed by atoms with Gasteiger partial charge in [0.25, 0.3) is 0 Å². The lowest BCUT2D eigenvalue weighted by Crippen LogP contribution is -2.33. The lowest BCUT2D eigenvalue weighted by atomic mass is 9.80. The molecule has 2 aromatic rings. The van der Waals surface area contributed by atoms with Crippen LogP contribution in [-0.4, -0.2) is 5.78 Å². The summed E-state index contributed by atoms with van der Waals surface area (Å²) >= 11 is 1.39. The third-order valence-corrected chi connectivity index (χ3v) is 3.69. The molecule has 0 bridgehead atoms. The highest BCUT2D eigenvalue weighted by molar-refractivity contribution is 7.08. The molecule has 1 nitrogen and oxygen atoms in total. The molecule has 0 fully saturated rings. The van der Waals surface area contributed by atoms with E-state index < -0.39 is 11.5 Å². The zero-order valence-corrected chi connectivity index (χ0v) is 9.71. The number of alkyl halides is 1. The highest BCUT2D eigenvalue weighted by Gasteiger charge is 2.44. The number of fused-ring (bicyclic) bond motifs is 1. The highest BCUT2D eigenvalue weighted by atomic mass is 32.1. The minimum absolute atomic E-state index is 0.421. The highest BCUT2D eigenvalue weighted by Crippen LogP contribution is 2.41. The van der Waals surface area contributed by atoms with E-state index in [4.69, 9.17) is 0 Å². The van der Waals surface area contributed by atoms with Crippen molar-refractivity contribution in [2.75, 3.05) is 0 Å². The van der Waals surface area contributed by atoms with Crippen LogP contribution in [0.25, 0.3) is 6.08 Å². The summed E-state index contributed by atoms with van der Waals surface area (Å²) in [7, 11) is 0. The Kier molecular flexibility index (Phi) is 2.23. The van der Waals surface area contributed by atoms with Gasteiger partial charge in [0.15, 0.2) is 0 Å². The molecule has 0 unspecified atom stereocenters. The van der Waals surface area contributed by atoms with E-state index in [2.05, 4.69) is 0 Å². The molecule has 0 N–H and O–H groups in total. The second kappa shape index (κ2) is 3.64. The summed E-state index contributed by atoms with van der Waals surface area (Å²) in [6.45, 7) is 0. The Hall–Kier alpha value is -1.74. The first kappa shape index (κ1) is 10.4. The van der Waals surface area contributed by atoms with E-state index >= 15 is 4.39 Å². The van der Waals surface area contributed by atoms with Crippen molar-refractivity contribution in [1.29, 1.82) is 0 Å². The molecule has 1 aliphatic carbocycles. The van der Waals surface area contributed by atoms with Crippen molar-refractivity contribution in [3.05, 3.63) is 63.9 Å². The summed E-state index contributed by atoms with van der Waals surface area (Å²) in [6.07, 6.45) is 2.99. The third-order valence-electron chi connectivity index (χ3n) is 3.00. The number of hydrogen-bond acceptors (Lipinski definition) is 2. The number of carbonyl (C=O) groups excluding carboxylic acids is 1. The predicted octanol–water partition coefficient (Wildman–Crippen LogP) is 3.56. The number of hydrogen-bond donors (Lipinski definition) is 0. The Morgan fingerprint density at radius 1 is 1.12 bits per heavy atom. The van der Waals surface area contributed by atoms with Crippen molar-refractivity contribution in [2.45, 2.75) is 5.67 Å². The van der Waals surface area contributed by atoms with Gasteiger partial charge >= 0.3 is 0 Å². The van der Waals surface area contributed by atoms with Gasteiger partial charge in [0, 0.05) is 11.1 Å². The van der Waals surface area contributed by atoms with Crippen LogP contribution >= 0.6 is 11.3 Å². The monoisotopic (exact) mass is 244 g/mol. The van der Waals surface area contributed by atoms with E-state index in [9.17, 15) is 4.79 Å². The summed E-state index contributed by atoms with van der Waals surface area (Å²) in [5.74, 6) is -0.505. The van der Waals surface area contributed by atoms with Crippen molar-refractivity contribution in [1.82, 2.24) is 0 Å². The summed E-state index contributed by atoms with van der Waals surface area (Å²) in [5, 5.41) is 3.47. The van der Waals surface area contributed by atoms with E-state index in [1.165, 1.54) is 17.4 Å². The number of rotatable bonds is 1. The molecule has 0 aliphatic heterocycles. The maximum Gasteiger partial charge on any atom is 0.224 e. The molecule has 0 saturated carbocycles. The molecule has 17 heavy (non-hydrogen) atoms. The Morgan fingerprint density at radius 2 is 1.94 bits per heavy atom. The van der Waals surface area contributed by atoms with Crippen molar-refractivity contribution < 1.29 is 9.18 Å². The number of benzene rings is 1. The SMILES string of the molecule is O=C1C=Cc2ccccc2[C@@]1(F)c1ccsc1. The molecule has 1 aromatic heterocycles. The summed E-state index contributed by atoms with van der Waals surface area (Å²) in [6, 6.07) is 8.75. The molecular weight excluding hydrogens is 235 g/mol. The van der Waals surface area contributed by atoms with Crippen LogP contribution in [-0.2, 0) is 10.5 Å². The minimum atomic E-state index is -2.02. The van der Waals surface area contributed by atoms with Crippen LogP contribution in [0.3, 0.4) is 0 Å². The molecule has 3 rings (SSSR count). The van der Waals surface area contributed by atoms with Gasteiger partial charge in [0.1, 0.15) is 0 Å². The van der Waals surface area contributed by atoms with Gasteiger partial charge in [-0.15, -0.1) is 0 Å². The normalized spacial score (nSPS) is 22.5. The average Bonchev–Trinajstić information content (AvgIpc) is 2.88. The van der Waals surface area contributed by atoms with Crippen LogP contribution in [0.5, 0.6) is 0 Å². The molecule has 0 radical (unpaired) electrons. The summed E-state index contributed by atoms with van der Waals surface area (Å²) in [4.78, 5) is 11.9. The topological polar surface area (TPSA) is 17.1 Å². The first-order valence-electron chi connectivity index (χ1n) is 5.26. The predicted molar refractivity (Wildman–Crippen MR) is 66.7 cm³/mol. The molecule has 3 heteroatoms. The van der Waals surface area contributed by atoms with Crippen LogP contribution in [0.4, 0.5) is 4.39 Å². The second-order valence-electron chi connectivity index (χ2n) is 3.96. The summed E-state index contributed by atoms with van der Waals surface area (Å²) in [5.41, 5.74) is -0.401. The van der Waals surface area contributed by atoms with Crippen molar-refractivity contribution in [3.63, 3.8) is 0 Å². The quantitative estimate of drug-likeness (QED) is 0.749. The third kappa shape index (κ3) is 1.39. The molecule has 0 saturated heterocycles. The zero-order chi connectivity index (χ0) is 11.9.